The quantitative estimate of drug-likeness (QED) is 0.849. The largest absolute Gasteiger partial charge is 0.496 e. The third-order valence-corrected chi connectivity index (χ3v) is 2.48. The summed E-state index contributed by atoms with van der Waals surface area (Å²) in [6.45, 7) is 1.98. The van der Waals surface area contributed by atoms with Crippen molar-refractivity contribution in [1.29, 1.82) is 0 Å². The number of methoxy groups -OCH3 is 1. The molecule has 4 nitrogen and oxygen atoms in total. The molecule has 1 aromatic carbocycles. The summed E-state index contributed by atoms with van der Waals surface area (Å²) in [7, 11) is 1.65. The summed E-state index contributed by atoms with van der Waals surface area (Å²) in [5.41, 5.74) is 1.98. The highest BCUT2D eigenvalue weighted by molar-refractivity contribution is 6.28. The van der Waals surface area contributed by atoms with Gasteiger partial charge in [0.15, 0.2) is 0 Å². The van der Waals surface area contributed by atoms with E-state index >= 15 is 0 Å². The first-order valence-electron chi connectivity index (χ1n) is 5.09. The maximum absolute atomic E-state index is 5.71. The lowest BCUT2D eigenvalue weighted by Crippen LogP contribution is -1.95. The van der Waals surface area contributed by atoms with E-state index in [0.29, 0.717) is 5.82 Å². The minimum absolute atomic E-state index is 0.222. The lowest BCUT2D eigenvalue weighted by molar-refractivity contribution is 0.412. The summed E-state index contributed by atoms with van der Waals surface area (Å²) in [5, 5.41) is 3.37. The van der Waals surface area contributed by atoms with Gasteiger partial charge in [-0.15, -0.1) is 0 Å². The fraction of sp³-hybridized carbons (Fsp3) is 0.167. The van der Waals surface area contributed by atoms with E-state index in [9.17, 15) is 0 Å². The summed E-state index contributed by atoms with van der Waals surface area (Å²) < 4.78 is 5.19. The number of hydrogen-bond acceptors (Lipinski definition) is 4. The van der Waals surface area contributed by atoms with Gasteiger partial charge >= 0.3 is 0 Å². The fourth-order valence-corrected chi connectivity index (χ4v) is 1.66. The second kappa shape index (κ2) is 5.01. The van der Waals surface area contributed by atoms with Crippen LogP contribution in [0.3, 0.4) is 0 Å². The molecule has 1 heterocycles. The van der Waals surface area contributed by atoms with Crippen LogP contribution in [0.5, 0.6) is 5.75 Å². The third-order valence-electron chi connectivity index (χ3n) is 2.29. The van der Waals surface area contributed by atoms with Crippen molar-refractivity contribution in [3.8, 4) is 5.75 Å². The van der Waals surface area contributed by atoms with E-state index in [4.69, 9.17) is 16.3 Å². The molecular weight excluding hydrogens is 238 g/mol. The summed E-state index contributed by atoms with van der Waals surface area (Å²) in [6.07, 6.45) is 1.61. The van der Waals surface area contributed by atoms with E-state index < -0.39 is 0 Å². The van der Waals surface area contributed by atoms with Crippen LogP contribution in [0.2, 0.25) is 5.28 Å². The van der Waals surface area contributed by atoms with Crippen molar-refractivity contribution in [2.24, 2.45) is 0 Å². The Labute approximate surface area is 105 Å². The van der Waals surface area contributed by atoms with Gasteiger partial charge in [0.1, 0.15) is 11.6 Å². The van der Waals surface area contributed by atoms with Crippen LogP contribution in [0, 0.1) is 6.92 Å². The van der Waals surface area contributed by atoms with Crippen molar-refractivity contribution in [1.82, 2.24) is 9.97 Å². The summed E-state index contributed by atoms with van der Waals surface area (Å²) >= 11 is 5.71. The fourth-order valence-electron chi connectivity index (χ4n) is 1.51. The molecule has 0 radical (unpaired) electrons. The topological polar surface area (TPSA) is 47.0 Å². The molecule has 0 aliphatic heterocycles. The number of aromatic nitrogens is 2. The minimum atomic E-state index is 0.222. The molecule has 17 heavy (non-hydrogen) atoms. The Kier molecular flexibility index (Phi) is 3.44. The van der Waals surface area contributed by atoms with Crippen molar-refractivity contribution in [2.45, 2.75) is 6.92 Å². The molecule has 1 N–H and O–H groups in total. The van der Waals surface area contributed by atoms with Crippen molar-refractivity contribution in [3.05, 3.63) is 41.3 Å². The van der Waals surface area contributed by atoms with Gasteiger partial charge in [0.25, 0.3) is 0 Å². The third kappa shape index (κ3) is 2.85. The van der Waals surface area contributed by atoms with Crippen LogP contribution in [0.15, 0.2) is 30.5 Å². The molecule has 0 fully saturated rings. The molecule has 2 rings (SSSR count). The summed E-state index contributed by atoms with van der Waals surface area (Å²) in [6, 6.07) is 7.56. The van der Waals surface area contributed by atoms with Gasteiger partial charge in [-0.2, -0.15) is 0 Å². The molecule has 0 spiro atoms. The molecule has 0 aliphatic rings. The number of halogens is 1. The maximum atomic E-state index is 5.71. The van der Waals surface area contributed by atoms with Crippen molar-refractivity contribution in [3.63, 3.8) is 0 Å². The van der Waals surface area contributed by atoms with Gasteiger partial charge in [0, 0.05) is 11.9 Å². The maximum Gasteiger partial charge on any atom is 0.224 e. The van der Waals surface area contributed by atoms with E-state index in [1.165, 1.54) is 0 Å². The number of rotatable bonds is 3. The van der Waals surface area contributed by atoms with Gasteiger partial charge in [-0.25, -0.2) is 9.97 Å². The van der Waals surface area contributed by atoms with Crippen molar-refractivity contribution < 1.29 is 4.74 Å². The SMILES string of the molecule is COc1ccc(Nc2ccnc(Cl)n2)cc1C. The molecule has 0 saturated carbocycles. The molecule has 1 aromatic heterocycles. The lowest BCUT2D eigenvalue weighted by Gasteiger charge is -2.09. The van der Waals surface area contributed by atoms with Gasteiger partial charge in [-0.1, -0.05) is 0 Å². The van der Waals surface area contributed by atoms with Crippen LogP contribution < -0.4 is 10.1 Å². The first-order valence-corrected chi connectivity index (χ1v) is 5.47. The zero-order chi connectivity index (χ0) is 12.3. The standard InChI is InChI=1S/C12H12ClN3O/c1-8-7-9(3-4-10(8)17-2)15-11-5-6-14-12(13)16-11/h3-7H,1-2H3,(H,14,15,16). The molecule has 0 amide bonds. The van der Waals surface area contributed by atoms with Crippen molar-refractivity contribution in [2.75, 3.05) is 12.4 Å². The van der Waals surface area contributed by atoms with Crippen LogP contribution in [0.1, 0.15) is 5.56 Å². The Morgan fingerprint density at radius 2 is 2.12 bits per heavy atom. The monoisotopic (exact) mass is 249 g/mol. The molecule has 0 aliphatic carbocycles. The first kappa shape index (κ1) is 11.7. The highest BCUT2D eigenvalue weighted by Crippen LogP contribution is 2.23. The zero-order valence-electron chi connectivity index (χ0n) is 9.57. The van der Waals surface area contributed by atoms with Crippen LogP contribution in [0.25, 0.3) is 0 Å². The molecular formula is C12H12ClN3O. The molecule has 0 unspecified atom stereocenters. The number of nitrogens with zero attached hydrogens (tertiary/aromatic N) is 2. The predicted molar refractivity (Wildman–Crippen MR) is 68.1 cm³/mol. The van der Waals surface area contributed by atoms with E-state index in [-0.39, 0.29) is 5.28 Å². The second-order valence-corrected chi connectivity index (χ2v) is 3.86. The van der Waals surface area contributed by atoms with Gasteiger partial charge in [-0.05, 0) is 48.4 Å². The van der Waals surface area contributed by atoms with E-state index in [0.717, 1.165) is 17.0 Å². The molecule has 0 bridgehead atoms. The average Bonchev–Trinajstić information content (AvgIpc) is 2.29. The molecule has 0 saturated heterocycles. The highest BCUT2D eigenvalue weighted by Gasteiger charge is 2.01. The molecule has 0 atom stereocenters. The first-order chi connectivity index (χ1) is 8.19. The number of benzene rings is 1. The number of nitrogens with one attached hydrogen (secondary N) is 1. The normalized spacial score (nSPS) is 10.1. The van der Waals surface area contributed by atoms with E-state index in [2.05, 4.69) is 15.3 Å². The second-order valence-electron chi connectivity index (χ2n) is 3.52. The minimum Gasteiger partial charge on any atom is -0.496 e. The Bertz CT molecular complexity index is 531. The van der Waals surface area contributed by atoms with Crippen molar-refractivity contribution >= 4 is 23.1 Å². The van der Waals surface area contributed by atoms with Gasteiger partial charge in [0.2, 0.25) is 5.28 Å². The Hall–Kier alpha value is -1.81. The smallest absolute Gasteiger partial charge is 0.224 e. The number of ether oxygens (including phenoxy) is 1. The number of aryl methyl sites for hydroxylation is 1. The van der Waals surface area contributed by atoms with Crippen LogP contribution in [-0.4, -0.2) is 17.1 Å². The van der Waals surface area contributed by atoms with Gasteiger partial charge < -0.3 is 10.1 Å². The van der Waals surface area contributed by atoms with E-state index in [1.807, 2.05) is 25.1 Å². The Morgan fingerprint density at radius 1 is 1.29 bits per heavy atom. The number of anilines is 2. The summed E-state index contributed by atoms with van der Waals surface area (Å²) in [4.78, 5) is 7.87. The van der Waals surface area contributed by atoms with Gasteiger partial charge in [-0.3, -0.25) is 0 Å². The lowest BCUT2D eigenvalue weighted by atomic mass is 10.2. The number of hydrogen-bond donors (Lipinski definition) is 1. The predicted octanol–water partition coefficient (Wildman–Crippen LogP) is 3.19. The average molecular weight is 250 g/mol. The van der Waals surface area contributed by atoms with Crippen LogP contribution >= 0.6 is 11.6 Å². The highest BCUT2D eigenvalue weighted by atomic mass is 35.5. The molecule has 5 heteroatoms. The molecule has 88 valence electrons. The Morgan fingerprint density at radius 3 is 2.76 bits per heavy atom. The Balaban J connectivity index is 2.22. The van der Waals surface area contributed by atoms with Gasteiger partial charge in [0.05, 0.1) is 7.11 Å². The van der Waals surface area contributed by atoms with Crippen LogP contribution in [0.4, 0.5) is 11.5 Å². The summed E-state index contributed by atoms with van der Waals surface area (Å²) in [5.74, 6) is 1.52. The zero-order valence-corrected chi connectivity index (χ0v) is 10.3. The molecule has 2 aromatic rings. The van der Waals surface area contributed by atoms with E-state index in [1.54, 1.807) is 19.4 Å². The van der Waals surface area contributed by atoms with Crippen LogP contribution in [-0.2, 0) is 0 Å².